The number of carbonyl (C=O) groups excluding carboxylic acids is 1. The van der Waals surface area contributed by atoms with Gasteiger partial charge in [-0.05, 0) is 6.42 Å². The van der Waals surface area contributed by atoms with Crippen LogP contribution in [0.4, 0.5) is 0 Å². The summed E-state index contributed by atoms with van der Waals surface area (Å²) in [5.41, 5.74) is 0. The zero-order valence-corrected chi connectivity index (χ0v) is 6.70. The number of allylic oxidation sites excluding steroid dienone is 2. The van der Waals surface area contributed by atoms with Gasteiger partial charge < -0.3 is 4.74 Å². The lowest BCUT2D eigenvalue weighted by molar-refractivity contribution is -0.144. The number of rotatable bonds is 3. The van der Waals surface area contributed by atoms with E-state index in [-0.39, 0.29) is 11.9 Å². The van der Waals surface area contributed by atoms with Crippen molar-refractivity contribution in [1.82, 2.24) is 0 Å². The van der Waals surface area contributed by atoms with Gasteiger partial charge in [-0.25, -0.2) is 0 Å². The van der Waals surface area contributed by atoms with Gasteiger partial charge in [0.2, 0.25) is 0 Å². The molecule has 0 rings (SSSR count). The van der Waals surface area contributed by atoms with Crippen molar-refractivity contribution in [3.63, 3.8) is 0 Å². The van der Waals surface area contributed by atoms with Crippen LogP contribution in [0.15, 0.2) is 12.2 Å². The van der Waals surface area contributed by atoms with Gasteiger partial charge in [-0.3, -0.25) is 4.79 Å². The highest BCUT2D eigenvalue weighted by atomic mass is 16.5. The molecule has 0 heterocycles. The van der Waals surface area contributed by atoms with Gasteiger partial charge >= 0.3 is 5.97 Å². The zero-order chi connectivity index (χ0) is 8.69. The predicted molar refractivity (Wildman–Crippen MR) is 40.6 cm³/mol. The number of hydrogen-bond donors (Lipinski definition) is 0. The van der Waals surface area contributed by atoms with Crippen LogP contribution in [0, 0.1) is 17.2 Å². The standard InChI is InChI=1S/C8H11NO2/c1-7(8(10)11-2)5-3-4-6-9/h3-4,7H,5H2,1-2H3/b4-3+. The van der Waals surface area contributed by atoms with Crippen LogP contribution in [-0.2, 0) is 9.53 Å². The second kappa shape index (κ2) is 5.48. The van der Waals surface area contributed by atoms with Crippen molar-refractivity contribution in [3.05, 3.63) is 12.2 Å². The first-order valence-corrected chi connectivity index (χ1v) is 3.34. The van der Waals surface area contributed by atoms with Crippen molar-refractivity contribution in [2.75, 3.05) is 7.11 Å². The van der Waals surface area contributed by atoms with Gasteiger partial charge in [-0.1, -0.05) is 13.0 Å². The highest BCUT2D eigenvalue weighted by Gasteiger charge is 2.09. The van der Waals surface area contributed by atoms with E-state index in [0.717, 1.165) is 0 Å². The lowest BCUT2D eigenvalue weighted by atomic mass is 10.1. The predicted octanol–water partition coefficient (Wildman–Crippen LogP) is 1.27. The first-order chi connectivity index (χ1) is 5.22. The molecule has 0 aromatic heterocycles. The van der Waals surface area contributed by atoms with Crippen LogP contribution in [0.1, 0.15) is 13.3 Å². The SMILES string of the molecule is COC(=O)C(C)C/C=C/C#N. The third-order valence-corrected chi connectivity index (χ3v) is 1.29. The molecule has 0 N–H and O–H groups in total. The van der Waals surface area contributed by atoms with E-state index < -0.39 is 0 Å². The monoisotopic (exact) mass is 153 g/mol. The van der Waals surface area contributed by atoms with E-state index in [1.807, 2.05) is 6.07 Å². The molecule has 0 aliphatic rings. The summed E-state index contributed by atoms with van der Waals surface area (Å²) in [6, 6.07) is 1.85. The summed E-state index contributed by atoms with van der Waals surface area (Å²) < 4.78 is 4.49. The van der Waals surface area contributed by atoms with Gasteiger partial charge in [0.1, 0.15) is 0 Å². The maximum absolute atomic E-state index is 10.8. The molecule has 0 aliphatic carbocycles. The third kappa shape index (κ3) is 4.15. The Kier molecular flexibility index (Phi) is 4.83. The van der Waals surface area contributed by atoms with Crippen LogP contribution in [0.5, 0.6) is 0 Å². The van der Waals surface area contributed by atoms with E-state index >= 15 is 0 Å². The van der Waals surface area contributed by atoms with Crippen LogP contribution in [-0.4, -0.2) is 13.1 Å². The Hall–Kier alpha value is -1.30. The molecule has 0 aromatic carbocycles. The molecule has 0 saturated carbocycles. The van der Waals surface area contributed by atoms with Crippen molar-refractivity contribution < 1.29 is 9.53 Å². The number of carbonyl (C=O) groups is 1. The van der Waals surface area contributed by atoms with Crippen LogP contribution in [0.2, 0.25) is 0 Å². The summed E-state index contributed by atoms with van der Waals surface area (Å²) in [5.74, 6) is -0.405. The van der Waals surface area contributed by atoms with Gasteiger partial charge in [0, 0.05) is 6.08 Å². The molecule has 0 bridgehead atoms. The van der Waals surface area contributed by atoms with Crippen molar-refractivity contribution >= 4 is 5.97 Å². The third-order valence-electron chi connectivity index (χ3n) is 1.29. The Morgan fingerprint density at radius 2 is 2.45 bits per heavy atom. The number of hydrogen-bond acceptors (Lipinski definition) is 3. The summed E-state index contributed by atoms with van der Waals surface area (Å²) >= 11 is 0. The lowest BCUT2D eigenvalue weighted by Gasteiger charge is -2.03. The van der Waals surface area contributed by atoms with E-state index in [9.17, 15) is 4.79 Å². The molecule has 1 unspecified atom stereocenters. The fourth-order valence-electron chi connectivity index (χ4n) is 0.622. The molecule has 3 nitrogen and oxygen atoms in total. The number of nitriles is 1. The van der Waals surface area contributed by atoms with Crippen molar-refractivity contribution in [1.29, 1.82) is 5.26 Å². The number of nitrogens with zero attached hydrogens (tertiary/aromatic N) is 1. The van der Waals surface area contributed by atoms with Crippen LogP contribution in [0.25, 0.3) is 0 Å². The molecule has 0 spiro atoms. The molecule has 0 fully saturated rings. The Morgan fingerprint density at radius 1 is 1.82 bits per heavy atom. The molecular weight excluding hydrogens is 142 g/mol. The molecule has 3 heteroatoms. The summed E-state index contributed by atoms with van der Waals surface area (Å²) in [7, 11) is 1.35. The second-order valence-electron chi connectivity index (χ2n) is 2.19. The Labute approximate surface area is 66.3 Å². The molecule has 0 aliphatic heterocycles. The number of methoxy groups -OCH3 is 1. The van der Waals surface area contributed by atoms with Crippen LogP contribution in [0.3, 0.4) is 0 Å². The second-order valence-corrected chi connectivity index (χ2v) is 2.19. The molecule has 11 heavy (non-hydrogen) atoms. The summed E-state index contributed by atoms with van der Waals surface area (Å²) in [6.07, 6.45) is 3.57. The van der Waals surface area contributed by atoms with E-state index in [0.29, 0.717) is 6.42 Å². The quantitative estimate of drug-likeness (QED) is 0.453. The Bertz CT molecular complexity index is 191. The summed E-state index contributed by atoms with van der Waals surface area (Å²) in [5, 5.41) is 8.12. The van der Waals surface area contributed by atoms with E-state index in [1.165, 1.54) is 13.2 Å². The molecule has 0 saturated heterocycles. The minimum Gasteiger partial charge on any atom is -0.469 e. The average molecular weight is 153 g/mol. The molecule has 60 valence electrons. The smallest absolute Gasteiger partial charge is 0.308 e. The number of ether oxygens (including phenoxy) is 1. The fourth-order valence-corrected chi connectivity index (χ4v) is 0.622. The lowest BCUT2D eigenvalue weighted by Crippen LogP contribution is -2.11. The number of esters is 1. The fraction of sp³-hybridized carbons (Fsp3) is 0.500. The zero-order valence-electron chi connectivity index (χ0n) is 6.70. The molecule has 0 aromatic rings. The van der Waals surface area contributed by atoms with Gasteiger partial charge in [0.05, 0.1) is 19.1 Å². The van der Waals surface area contributed by atoms with Crippen LogP contribution >= 0.6 is 0 Å². The maximum Gasteiger partial charge on any atom is 0.308 e. The highest BCUT2D eigenvalue weighted by molar-refractivity contribution is 5.71. The summed E-state index contributed by atoms with van der Waals surface area (Å²) in [4.78, 5) is 10.8. The first-order valence-electron chi connectivity index (χ1n) is 3.34. The summed E-state index contributed by atoms with van der Waals surface area (Å²) in [6.45, 7) is 1.76. The minimum atomic E-state index is -0.243. The van der Waals surface area contributed by atoms with Gasteiger partial charge in [0.15, 0.2) is 0 Å². The van der Waals surface area contributed by atoms with E-state index in [2.05, 4.69) is 4.74 Å². The van der Waals surface area contributed by atoms with Gasteiger partial charge in [-0.2, -0.15) is 5.26 Å². The van der Waals surface area contributed by atoms with E-state index in [4.69, 9.17) is 5.26 Å². The molecule has 0 radical (unpaired) electrons. The minimum absolute atomic E-state index is 0.162. The Balaban J connectivity index is 3.70. The Morgan fingerprint density at radius 3 is 2.91 bits per heavy atom. The van der Waals surface area contributed by atoms with Gasteiger partial charge in [-0.15, -0.1) is 0 Å². The van der Waals surface area contributed by atoms with E-state index in [1.54, 1.807) is 13.0 Å². The van der Waals surface area contributed by atoms with Crippen LogP contribution < -0.4 is 0 Å². The largest absolute Gasteiger partial charge is 0.469 e. The molecular formula is C8H11NO2. The van der Waals surface area contributed by atoms with Crippen molar-refractivity contribution in [2.24, 2.45) is 5.92 Å². The van der Waals surface area contributed by atoms with Crippen molar-refractivity contribution in [3.8, 4) is 6.07 Å². The molecule has 0 amide bonds. The molecule has 1 atom stereocenters. The topological polar surface area (TPSA) is 50.1 Å². The first kappa shape index (κ1) is 9.70. The van der Waals surface area contributed by atoms with Crippen molar-refractivity contribution in [2.45, 2.75) is 13.3 Å². The highest BCUT2D eigenvalue weighted by Crippen LogP contribution is 2.03. The van der Waals surface area contributed by atoms with Gasteiger partial charge in [0.25, 0.3) is 0 Å². The average Bonchev–Trinajstić information content (AvgIpc) is 2.03. The maximum atomic E-state index is 10.8. The normalized spacial score (nSPS) is 12.5.